The molecule has 0 aliphatic heterocycles. The standard InChI is InChI=1S/C19H16FNO2/c20-17-10-4-5-11-18(17)23-15-7-6-14-21-19(22)13-12-16-8-2-1-3-9-16/h1-5,8-13H,14-15H2,(H,21,22)/b13-12+. The monoisotopic (exact) mass is 309 g/mol. The van der Waals surface area contributed by atoms with E-state index in [1.807, 2.05) is 30.3 Å². The number of rotatable bonds is 5. The largest absolute Gasteiger partial charge is 0.478 e. The molecule has 4 heteroatoms. The van der Waals surface area contributed by atoms with Gasteiger partial charge in [-0.1, -0.05) is 54.3 Å². The third-order valence-electron chi connectivity index (χ3n) is 2.84. The highest BCUT2D eigenvalue weighted by atomic mass is 19.1. The van der Waals surface area contributed by atoms with Gasteiger partial charge in [-0.25, -0.2) is 4.39 Å². The molecule has 0 saturated carbocycles. The number of hydrogen-bond acceptors (Lipinski definition) is 2. The quantitative estimate of drug-likeness (QED) is 0.681. The van der Waals surface area contributed by atoms with Crippen LogP contribution in [0.4, 0.5) is 4.39 Å². The third-order valence-corrected chi connectivity index (χ3v) is 2.84. The third kappa shape index (κ3) is 6.06. The number of nitrogens with one attached hydrogen (secondary N) is 1. The predicted molar refractivity (Wildman–Crippen MR) is 88.2 cm³/mol. The van der Waals surface area contributed by atoms with Crippen molar-refractivity contribution in [3.05, 3.63) is 72.1 Å². The van der Waals surface area contributed by atoms with E-state index >= 15 is 0 Å². The first-order chi connectivity index (χ1) is 11.3. The molecule has 2 rings (SSSR count). The molecule has 0 spiro atoms. The highest BCUT2D eigenvalue weighted by molar-refractivity contribution is 5.91. The lowest BCUT2D eigenvalue weighted by atomic mass is 10.2. The van der Waals surface area contributed by atoms with Gasteiger partial charge in [0.2, 0.25) is 5.91 Å². The van der Waals surface area contributed by atoms with Gasteiger partial charge >= 0.3 is 0 Å². The molecule has 0 unspecified atom stereocenters. The molecule has 0 aliphatic rings. The van der Waals surface area contributed by atoms with E-state index in [4.69, 9.17) is 4.74 Å². The lowest BCUT2D eigenvalue weighted by Gasteiger charge is -2.01. The number of hydrogen-bond donors (Lipinski definition) is 1. The summed E-state index contributed by atoms with van der Waals surface area (Å²) in [5.41, 5.74) is 0.951. The Bertz CT molecular complexity index is 730. The van der Waals surface area contributed by atoms with E-state index in [-0.39, 0.29) is 24.8 Å². The van der Waals surface area contributed by atoms with Crippen LogP contribution in [-0.2, 0) is 4.79 Å². The number of amides is 1. The van der Waals surface area contributed by atoms with Crippen LogP contribution in [0.3, 0.4) is 0 Å². The average molecular weight is 309 g/mol. The second-order valence-electron chi connectivity index (χ2n) is 4.53. The molecule has 1 N–H and O–H groups in total. The van der Waals surface area contributed by atoms with Crippen molar-refractivity contribution in [1.29, 1.82) is 0 Å². The normalized spacial score (nSPS) is 9.96. The molecule has 0 radical (unpaired) electrons. The van der Waals surface area contributed by atoms with Crippen molar-refractivity contribution in [1.82, 2.24) is 5.32 Å². The summed E-state index contributed by atoms with van der Waals surface area (Å²) in [6.07, 6.45) is 3.18. The Hall–Kier alpha value is -3.06. The first-order valence-electron chi connectivity index (χ1n) is 7.10. The summed E-state index contributed by atoms with van der Waals surface area (Å²) in [4.78, 5) is 11.6. The summed E-state index contributed by atoms with van der Waals surface area (Å²) in [7, 11) is 0. The van der Waals surface area contributed by atoms with Gasteiger partial charge in [0.15, 0.2) is 11.6 Å². The first-order valence-corrected chi connectivity index (χ1v) is 7.10. The Morgan fingerprint density at radius 2 is 1.83 bits per heavy atom. The van der Waals surface area contributed by atoms with E-state index in [0.717, 1.165) is 5.56 Å². The fraction of sp³-hybridized carbons (Fsp3) is 0.105. The second kappa shape index (κ2) is 9.06. The van der Waals surface area contributed by atoms with Crippen LogP contribution < -0.4 is 10.1 Å². The van der Waals surface area contributed by atoms with E-state index in [9.17, 15) is 9.18 Å². The van der Waals surface area contributed by atoms with E-state index in [1.165, 1.54) is 18.2 Å². The summed E-state index contributed by atoms with van der Waals surface area (Å²) >= 11 is 0. The fourth-order valence-corrected chi connectivity index (χ4v) is 1.72. The van der Waals surface area contributed by atoms with Crippen molar-refractivity contribution in [3.63, 3.8) is 0 Å². The molecule has 0 bridgehead atoms. The molecule has 0 aliphatic carbocycles. The number of benzene rings is 2. The van der Waals surface area contributed by atoms with Gasteiger partial charge in [0, 0.05) is 6.08 Å². The van der Waals surface area contributed by atoms with Gasteiger partial charge in [0.1, 0.15) is 6.61 Å². The van der Waals surface area contributed by atoms with Crippen LogP contribution in [0, 0.1) is 17.7 Å². The molecule has 0 heterocycles. The van der Waals surface area contributed by atoms with Gasteiger partial charge in [-0.2, -0.15) is 0 Å². The highest BCUT2D eigenvalue weighted by Crippen LogP contribution is 2.14. The van der Waals surface area contributed by atoms with Gasteiger partial charge in [-0.3, -0.25) is 4.79 Å². The zero-order valence-electron chi connectivity index (χ0n) is 12.5. The molecule has 2 aromatic rings. The molecule has 1 amide bonds. The van der Waals surface area contributed by atoms with E-state index in [1.54, 1.807) is 18.2 Å². The highest BCUT2D eigenvalue weighted by Gasteiger charge is 1.98. The van der Waals surface area contributed by atoms with Crippen molar-refractivity contribution in [3.8, 4) is 17.6 Å². The van der Waals surface area contributed by atoms with Crippen LogP contribution in [0.2, 0.25) is 0 Å². The maximum Gasteiger partial charge on any atom is 0.244 e. The van der Waals surface area contributed by atoms with Crippen LogP contribution in [0.25, 0.3) is 6.08 Å². The molecule has 0 saturated heterocycles. The minimum absolute atomic E-state index is 0.0661. The smallest absolute Gasteiger partial charge is 0.244 e. The average Bonchev–Trinajstić information content (AvgIpc) is 2.58. The van der Waals surface area contributed by atoms with Gasteiger partial charge < -0.3 is 10.1 Å². The first kappa shape index (κ1) is 16.3. The molecule has 0 atom stereocenters. The summed E-state index contributed by atoms with van der Waals surface area (Å²) in [6.45, 7) is 0.273. The molecule has 3 nitrogen and oxygen atoms in total. The number of ether oxygens (including phenoxy) is 1. The van der Waals surface area contributed by atoms with E-state index < -0.39 is 5.82 Å². The van der Waals surface area contributed by atoms with Crippen LogP contribution >= 0.6 is 0 Å². The summed E-state index contributed by atoms with van der Waals surface area (Å²) in [6, 6.07) is 15.7. The molecular formula is C19H16FNO2. The maximum atomic E-state index is 13.3. The van der Waals surface area contributed by atoms with E-state index in [0.29, 0.717) is 0 Å². The number of carbonyl (C=O) groups excluding carboxylic acids is 1. The number of carbonyl (C=O) groups is 1. The van der Waals surface area contributed by atoms with Crippen LogP contribution in [0.5, 0.6) is 5.75 Å². The molecular weight excluding hydrogens is 293 g/mol. The molecule has 2 aromatic carbocycles. The number of para-hydroxylation sites is 1. The van der Waals surface area contributed by atoms with Crippen LogP contribution in [0.15, 0.2) is 60.7 Å². The lowest BCUT2D eigenvalue weighted by molar-refractivity contribution is -0.116. The number of halogens is 1. The van der Waals surface area contributed by atoms with Gasteiger partial charge in [0.25, 0.3) is 0 Å². The van der Waals surface area contributed by atoms with Crippen molar-refractivity contribution >= 4 is 12.0 Å². The fourth-order valence-electron chi connectivity index (χ4n) is 1.72. The van der Waals surface area contributed by atoms with Gasteiger partial charge in [-0.15, -0.1) is 0 Å². The molecule has 116 valence electrons. The lowest BCUT2D eigenvalue weighted by Crippen LogP contribution is -2.21. The van der Waals surface area contributed by atoms with Crippen molar-refractivity contribution < 1.29 is 13.9 Å². The van der Waals surface area contributed by atoms with Crippen molar-refractivity contribution in [2.45, 2.75) is 0 Å². The molecule has 0 fully saturated rings. The Morgan fingerprint density at radius 1 is 1.09 bits per heavy atom. The predicted octanol–water partition coefficient (Wildman–Crippen LogP) is 3.04. The maximum absolute atomic E-state index is 13.3. The minimum atomic E-state index is -0.423. The molecule has 0 aromatic heterocycles. The van der Waals surface area contributed by atoms with Crippen LogP contribution in [0.1, 0.15) is 5.56 Å². The van der Waals surface area contributed by atoms with E-state index in [2.05, 4.69) is 17.2 Å². The SMILES string of the molecule is O=C(/C=C/c1ccccc1)NCC#CCOc1ccccc1F. The Balaban J connectivity index is 1.68. The van der Waals surface area contributed by atoms with Crippen molar-refractivity contribution in [2.24, 2.45) is 0 Å². The Labute approximate surface area is 134 Å². The topological polar surface area (TPSA) is 38.3 Å². The zero-order valence-corrected chi connectivity index (χ0v) is 12.5. The minimum Gasteiger partial charge on any atom is -0.478 e. The zero-order chi connectivity index (χ0) is 16.3. The Morgan fingerprint density at radius 3 is 2.61 bits per heavy atom. The van der Waals surface area contributed by atoms with Gasteiger partial charge in [0.05, 0.1) is 6.54 Å². The van der Waals surface area contributed by atoms with Crippen molar-refractivity contribution in [2.75, 3.05) is 13.2 Å². The molecule has 23 heavy (non-hydrogen) atoms. The summed E-state index contributed by atoms with van der Waals surface area (Å²) < 4.78 is 18.4. The Kier molecular flexibility index (Phi) is 6.43. The summed E-state index contributed by atoms with van der Waals surface area (Å²) in [5, 5.41) is 2.63. The summed E-state index contributed by atoms with van der Waals surface area (Å²) in [5.74, 6) is 4.97. The second-order valence-corrected chi connectivity index (χ2v) is 4.53. The van der Waals surface area contributed by atoms with Crippen LogP contribution in [-0.4, -0.2) is 19.1 Å². The van der Waals surface area contributed by atoms with Gasteiger partial charge in [-0.05, 0) is 23.8 Å².